The van der Waals surface area contributed by atoms with Gasteiger partial charge < -0.3 is 0 Å². The molecule has 3 rings (SSSR count). The van der Waals surface area contributed by atoms with Crippen LogP contribution in [0.2, 0.25) is 0 Å². The molecule has 0 amide bonds. The summed E-state index contributed by atoms with van der Waals surface area (Å²) in [5.74, 6) is 0.0593. The van der Waals surface area contributed by atoms with Gasteiger partial charge in [0, 0.05) is 5.56 Å². The van der Waals surface area contributed by atoms with Gasteiger partial charge in [0.05, 0.1) is 0 Å². The summed E-state index contributed by atoms with van der Waals surface area (Å²) >= 11 is 0. The zero-order chi connectivity index (χ0) is 12.5. The minimum atomic E-state index is -0.341. The first kappa shape index (κ1) is 10.4. The van der Waals surface area contributed by atoms with Crippen LogP contribution in [0.4, 0.5) is 4.39 Å². The van der Waals surface area contributed by atoms with Gasteiger partial charge in [-0.25, -0.2) is 13.9 Å². The number of hydrogen-bond donors (Lipinski definition) is 0. The molecule has 0 aliphatic carbocycles. The largest absolute Gasteiger partial charge is 0.207 e. The lowest BCUT2D eigenvalue weighted by Gasteiger charge is -1.94. The zero-order valence-corrected chi connectivity index (χ0v) is 9.21. The molecule has 5 heteroatoms. The van der Waals surface area contributed by atoms with Crippen LogP contribution in [0.3, 0.4) is 0 Å². The van der Waals surface area contributed by atoms with Crippen LogP contribution in [-0.2, 0) is 0 Å². The Balaban J connectivity index is 2.23. The molecule has 0 radical (unpaired) electrons. The maximum atomic E-state index is 13.1. The predicted octanol–water partition coefficient (Wildman–Crippen LogP) is 2.41. The molecule has 2 heterocycles. The molecule has 0 aliphatic heterocycles. The molecule has 0 saturated carbocycles. The van der Waals surface area contributed by atoms with E-state index in [2.05, 4.69) is 10.1 Å². The SMILES string of the molecule is N#Cc1cccc2nc(-c3cccc(F)c3)nn12. The molecule has 4 nitrogen and oxygen atoms in total. The van der Waals surface area contributed by atoms with Crippen molar-refractivity contribution in [3.8, 4) is 17.5 Å². The Labute approximate surface area is 102 Å². The fourth-order valence-corrected chi connectivity index (χ4v) is 1.74. The van der Waals surface area contributed by atoms with E-state index in [1.807, 2.05) is 6.07 Å². The summed E-state index contributed by atoms with van der Waals surface area (Å²) in [5, 5.41) is 13.2. The Morgan fingerprint density at radius 3 is 2.78 bits per heavy atom. The van der Waals surface area contributed by atoms with Crippen molar-refractivity contribution in [1.29, 1.82) is 5.26 Å². The Morgan fingerprint density at radius 2 is 2.00 bits per heavy atom. The second-order valence-corrected chi connectivity index (χ2v) is 3.74. The van der Waals surface area contributed by atoms with Crippen LogP contribution in [-0.4, -0.2) is 14.6 Å². The molecule has 3 aromatic rings. The number of pyridine rings is 1. The maximum Gasteiger partial charge on any atom is 0.182 e. The van der Waals surface area contributed by atoms with Crippen LogP contribution in [0, 0.1) is 17.1 Å². The lowest BCUT2D eigenvalue weighted by atomic mass is 10.2. The van der Waals surface area contributed by atoms with Crippen molar-refractivity contribution in [3.63, 3.8) is 0 Å². The molecular weight excluding hydrogens is 231 g/mol. The van der Waals surface area contributed by atoms with Gasteiger partial charge in [0.15, 0.2) is 11.5 Å². The summed E-state index contributed by atoms with van der Waals surface area (Å²) in [6.45, 7) is 0. The summed E-state index contributed by atoms with van der Waals surface area (Å²) in [6.07, 6.45) is 0. The summed E-state index contributed by atoms with van der Waals surface area (Å²) in [5.41, 5.74) is 1.54. The van der Waals surface area contributed by atoms with Crippen molar-refractivity contribution in [1.82, 2.24) is 14.6 Å². The molecule has 0 saturated heterocycles. The number of rotatable bonds is 1. The third kappa shape index (κ3) is 1.60. The van der Waals surface area contributed by atoms with Crippen molar-refractivity contribution in [2.75, 3.05) is 0 Å². The molecule has 2 aromatic heterocycles. The zero-order valence-electron chi connectivity index (χ0n) is 9.21. The van der Waals surface area contributed by atoms with Crippen molar-refractivity contribution >= 4 is 5.65 Å². The first-order valence-electron chi connectivity index (χ1n) is 5.30. The molecule has 0 fully saturated rings. The quantitative estimate of drug-likeness (QED) is 0.654. The highest BCUT2D eigenvalue weighted by Crippen LogP contribution is 2.17. The van der Waals surface area contributed by atoms with Crippen molar-refractivity contribution in [2.45, 2.75) is 0 Å². The number of fused-ring (bicyclic) bond motifs is 1. The first-order valence-corrected chi connectivity index (χ1v) is 5.30. The average molecular weight is 238 g/mol. The van der Waals surface area contributed by atoms with E-state index in [0.717, 1.165) is 0 Å². The molecular formula is C13H7FN4. The molecule has 0 unspecified atom stereocenters. The average Bonchev–Trinajstić information content (AvgIpc) is 2.82. The summed E-state index contributed by atoms with van der Waals surface area (Å²) in [7, 11) is 0. The number of hydrogen-bond acceptors (Lipinski definition) is 3. The monoisotopic (exact) mass is 238 g/mol. The number of benzene rings is 1. The fraction of sp³-hybridized carbons (Fsp3) is 0. The highest BCUT2D eigenvalue weighted by molar-refractivity contribution is 5.58. The molecule has 0 N–H and O–H groups in total. The Morgan fingerprint density at radius 1 is 1.17 bits per heavy atom. The molecule has 18 heavy (non-hydrogen) atoms. The van der Waals surface area contributed by atoms with Crippen molar-refractivity contribution in [3.05, 3.63) is 54.0 Å². The van der Waals surface area contributed by atoms with E-state index < -0.39 is 0 Å². The third-order valence-electron chi connectivity index (χ3n) is 2.56. The minimum Gasteiger partial charge on any atom is -0.207 e. The molecule has 0 bridgehead atoms. The van der Waals surface area contributed by atoms with Crippen LogP contribution < -0.4 is 0 Å². The van der Waals surface area contributed by atoms with E-state index in [1.165, 1.54) is 16.6 Å². The van der Waals surface area contributed by atoms with E-state index >= 15 is 0 Å². The van der Waals surface area contributed by atoms with Crippen LogP contribution >= 0.6 is 0 Å². The summed E-state index contributed by atoms with van der Waals surface area (Å²) in [4.78, 5) is 4.27. The third-order valence-corrected chi connectivity index (χ3v) is 2.56. The van der Waals surface area contributed by atoms with Gasteiger partial charge in [0.2, 0.25) is 0 Å². The maximum absolute atomic E-state index is 13.1. The van der Waals surface area contributed by atoms with Crippen molar-refractivity contribution in [2.24, 2.45) is 0 Å². The number of halogens is 1. The first-order chi connectivity index (χ1) is 8.78. The Kier molecular flexibility index (Phi) is 2.27. The minimum absolute atomic E-state index is 0.341. The molecule has 0 atom stereocenters. The lowest BCUT2D eigenvalue weighted by molar-refractivity contribution is 0.628. The molecule has 1 aromatic carbocycles. The fourth-order valence-electron chi connectivity index (χ4n) is 1.74. The second-order valence-electron chi connectivity index (χ2n) is 3.74. The van der Waals surface area contributed by atoms with Gasteiger partial charge in [-0.05, 0) is 24.3 Å². The van der Waals surface area contributed by atoms with Crippen LogP contribution in [0.15, 0.2) is 42.5 Å². The van der Waals surface area contributed by atoms with E-state index in [4.69, 9.17) is 5.26 Å². The molecule has 0 spiro atoms. The van der Waals surface area contributed by atoms with Gasteiger partial charge in [-0.3, -0.25) is 0 Å². The number of nitriles is 1. The normalized spacial score (nSPS) is 10.4. The van der Waals surface area contributed by atoms with E-state index in [1.54, 1.807) is 30.3 Å². The van der Waals surface area contributed by atoms with E-state index in [0.29, 0.717) is 22.7 Å². The Bertz CT molecular complexity index is 770. The van der Waals surface area contributed by atoms with E-state index in [9.17, 15) is 4.39 Å². The highest BCUT2D eigenvalue weighted by atomic mass is 19.1. The van der Waals surface area contributed by atoms with Gasteiger partial charge in [0.1, 0.15) is 17.6 Å². The standard InChI is InChI=1S/C13H7FN4/c14-10-4-1-3-9(7-10)13-16-12-6-2-5-11(8-15)18(12)17-13/h1-7H. The van der Waals surface area contributed by atoms with Gasteiger partial charge >= 0.3 is 0 Å². The number of aromatic nitrogens is 3. The van der Waals surface area contributed by atoms with Gasteiger partial charge in [-0.1, -0.05) is 18.2 Å². The topological polar surface area (TPSA) is 54.0 Å². The van der Waals surface area contributed by atoms with Crippen molar-refractivity contribution < 1.29 is 4.39 Å². The Hall–Kier alpha value is -2.74. The van der Waals surface area contributed by atoms with Crippen LogP contribution in [0.1, 0.15) is 5.69 Å². The molecule has 0 aliphatic rings. The highest BCUT2D eigenvalue weighted by Gasteiger charge is 2.09. The van der Waals surface area contributed by atoms with E-state index in [-0.39, 0.29) is 5.82 Å². The van der Waals surface area contributed by atoms with Crippen LogP contribution in [0.5, 0.6) is 0 Å². The summed E-state index contributed by atoms with van der Waals surface area (Å²) in [6, 6.07) is 13.2. The molecule has 86 valence electrons. The predicted molar refractivity (Wildman–Crippen MR) is 63.1 cm³/mol. The van der Waals surface area contributed by atoms with Crippen LogP contribution in [0.25, 0.3) is 17.0 Å². The second kappa shape index (κ2) is 3.93. The smallest absolute Gasteiger partial charge is 0.182 e. The summed E-state index contributed by atoms with van der Waals surface area (Å²) < 4.78 is 14.6. The lowest BCUT2D eigenvalue weighted by Crippen LogP contribution is -1.93. The van der Waals surface area contributed by atoms with Gasteiger partial charge in [0.25, 0.3) is 0 Å². The number of nitrogens with zero attached hydrogens (tertiary/aromatic N) is 4. The van der Waals surface area contributed by atoms with Gasteiger partial charge in [-0.2, -0.15) is 5.26 Å². The van der Waals surface area contributed by atoms with Gasteiger partial charge in [-0.15, -0.1) is 5.10 Å².